The smallest absolute Gasteiger partial charge is 0.377 e. The molecule has 1 aliphatic heterocycles. The molecule has 1 atom stereocenters. The summed E-state index contributed by atoms with van der Waals surface area (Å²) in [4.78, 5) is 3.89. The summed E-state index contributed by atoms with van der Waals surface area (Å²) in [6.07, 6.45) is 7.14. The molecular weight excluding hydrogens is 289 g/mol. The first-order valence-electron chi connectivity index (χ1n) is 7.28. The van der Waals surface area contributed by atoms with Gasteiger partial charge in [0.15, 0.2) is 0 Å². The lowest BCUT2D eigenvalue weighted by atomic mass is 9.91. The monoisotopic (exact) mass is 310 g/mol. The van der Waals surface area contributed by atoms with Gasteiger partial charge in [0, 0.05) is 38.1 Å². The van der Waals surface area contributed by atoms with Gasteiger partial charge in [0.1, 0.15) is 0 Å². The molecule has 0 saturated heterocycles. The molecule has 1 unspecified atom stereocenters. The Morgan fingerprint density at radius 3 is 2.59 bits per heavy atom. The molecule has 0 aromatic rings. The number of allylic oxidation sites excluding steroid dienone is 4. The molecule has 0 aromatic heterocycles. The minimum atomic E-state index is -4.31. The zero-order valence-corrected chi connectivity index (χ0v) is 12.9. The van der Waals surface area contributed by atoms with E-state index in [-0.39, 0.29) is 6.04 Å². The molecule has 0 fully saturated rings. The summed E-state index contributed by atoms with van der Waals surface area (Å²) in [5, 5.41) is 0. The first kappa shape index (κ1) is 16.5. The predicted octanol–water partition coefficient (Wildman–Crippen LogP) is 4.02. The van der Waals surface area contributed by atoms with Gasteiger partial charge in [-0.1, -0.05) is 12.2 Å². The lowest BCUT2D eigenvalue weighted by Crippen LogP contribution is -2.38. The van der Waals surface area contributed by atoms with E-state index >= 15 is 0 Å². The minimum absolute atomic E-state index is 0.367. The molecule has 0 saturated carbocycles. The van der Waals surface area contributed by atoms with Crippen molar-refractivity contribution in [1.29, 1.82) is 0 Å². The Labute approximate surface area is 129 Å². The van der Waals surface area contributed by atoms with Crippen LogP contribution in [0.15, 0.2) is 60.0 Å². The fraction of sp³-hybridized carbons (Fsp3) is 0.412. The maximum Gasteiger partial charge on any atom is 0.416 e. The van der Waals surface area contributed by atoms with Crippen molar-refractivity contribution in [2.24, 2.45) is 0 Å². The Hall–Kier alpha value is -1.91. The number of halogens is 3. The highest BCUT2D eigenvalue weighted by molar-refractivity contribution is 5.49. The van der Waals surface area contributed by atoms with Gasteiger partial charge in [-0.2, -0.15) is 13.2 Å². The SMILES string of the molecule is C=CCCCN1C=CC(N(C)C)=C2C=CC(C(F)(F)F)=CC21. The molecule has 5 heteroatoms. The largest absolute Gasteiger partial charge is 0.416 e. The van der Waals surface area contributed by atoms with E-state index in [0.717, 1.165) is 30.2 Å². The number of likely N-dealkylation sites (N-methyl/N-ethyl adjacent to an activating group) is 1. The molecule has 0 spiro atoms. The second-order valence-electron chi connectivity index (χ2n) is 5.62. The fourth-order valence-corrected chi connectivity index (χ4v) is 2.69. The van der Waals surface area contributed by atoms with Crippen molar-refractivity contribution >= 4 is 0 Å². The molecule has 0 amide bonds. The Balaban J connectivity index is 2.32. The summed E-state index contributed by atoms with van der Waals surface area (Å²) >= 11 is 0. The van der Waals surface area contributed by atoms with Gasteiger partial charge in [-0.15, -0.1) is 6.58 Å². The van der Waals surface area contributed by atoms with Crippen molar-refractivity contribution in [3.8, 4) is 0 Å². The van der Waals surface area contributed by atoms with Crippen LogP contribution in [0.2, 0.25) is 0 Å². The molecule has 0 bridgehead atoms. The number of hydrogen-bond acceptors (Lipinski definition) is 2. The molecule has 2 nitrogen and oxygen atoms in total. The molecule has 0 N–H and O–H groups in total. The summed E-state index contributed by atoms with van der Waals surface area (Å²) in [5.41, 5.74) is 1.26. The average Bonchev–Trinajstić information content (AvgIpc) is 2.45. The van der Waals surface area contributed by atoms with Gasteiger partial charge >= 0.3 is 6.18 Å². The van der Waals surface area contributed by atoms with Gasteiger partial charge in [-0.25, -0.2) is 0 Å². The van der Waals surface area contributed by atoms with Gasteiger partial charge < -0.3 is 9.80 Å². The van der Waals surface area contributed by atoms with Gasteiger partial charge in [-0.05, 0) is 31.1 Å². The zero-order chi connectivity index (χ0) is 16.3. The summed E-state index contributed by atoms with van der Waals surface area (Å²) < 4.78 is 39.0. The molecule has 0 aromatic carbocycles. The zero-order valence-electron chi connectivity index (χ0n) is 12.9. The number of alkyl halides is 3. The van der Waals surface area contributed by atoms with Crippen molar-refractivity contribution < 1.29 is 13.2 Å². The van der Waals surface area contributed by atoms with Crippen LogP contribution >= 0.6 is 0 Å². The van der Waals surface area contributed by atoms with Crippen molar-refractivity contribution in [3.63, 3.8) is 0 Å². The number of unbranched alkanes of at least 4 members (excludes halogenated alkanes) is 1. The summed E-state index contributed by atoms with van der Waals surface area (Å²) in [7, 11) is 3.79. The van der Waals surface area contributed by atoms with Gasteiger partial charge in [0.05, 0.1) is 11.6 Å². The van der Waals surface area contributed by atoms with E-state index in [1.807, 2.05) is 42.2 Å². The van der Waals surface area contributed by atoms with Crippen LogP contribution in [0.4, 0.5) is 13.2 Å². The van der Waals surface area contributed by atoms with Crippen LogP contribution in [0.1, 0.15) is 12.8 Å². The van der Waals surface area contributed by atoms with Crippen molar-refractivity contribution in [2.45, 2.75) is 25.1 Å². The standard InChI is InChI=1S/C17H21F3N2/c1-4-5-6-10-22-11-9-15(21(2)3)14-8-7-13(12-16(14)22)17(18,19)20/h4,7-9,11-12,16H,1,5-6,10H2,2-3H3. The van der Waals surface area contributed by atoms with Gasteiger partial charge in [0.2, 0.25) is 0 Å². The van der Waals surface area contributed by atoms with Crippen LogP contribution in [-0.4, -0.2) is 42.7 Å². The summed E-state index contributed by atoms with van der Waals surface area (Å²) in [5.74, 6) is 0. The maximum atomic E-state index is 13.0. The maximum absolute atomic E-state index is 13.0. The molecule has 2 aliphatic rings. The van der Waals surface area contributed by atoms with Crippen LogP contribution in [0.5, 0.6) is 0 Å². The third kappa shape index (κ3) is 3.46. The first-order chi connectivity index (χ1) is 10.3. The second kappa shape index (κ2) is 6.46. The summed E-state index contributed by atoms with van der Waals surface area (Å²) in [6.45, 7) is 4.38. The van der Waals surface area contributed by atoms with Crippen LogP contribution < -0.4 is 0 Å². The lowest BCUT2D eigenvalue weighted by molar-refractivity contribution is -0.0888. The lowest BCUT2D eigenvalue weighted by Gasteiger charge is -2.37. The number of rotatable bonds is 5. The van der Waals surface area contributed by atoms with Crippen LogP contribution in [0.25, 0.3) is 0 Å². The quantitative estimate of drug-likeness (QED) is 0.559. The van der Waals surface area contributed by atoms with E-state index in [4.69, 9.17) is 0 Å². The fourth-order valence-electron chi connectivity index (χ4n) is 2.69. The van der Waals surface area contributed by atoms with E-state index in [1.54, 1.807) is 6.08 Å². The number of fused-ring (bicyclic) bond motifs is 1. The van der Waals surface area contributed by atoms with E-state index in [1.165, 1.54) is 6.08 Å². The normalized spacial score (nSPS) is 20.9. The van der Waals surface area contributed by atoms with Gasteiger partial charge in [-0.3, -0.25) is 0 Å². The molecule has 1 heterocycles. The van der Waals surface area contributed by atoms with Crippen molar-refractivity contribution in [2.75, 3.05) is 20.6 Å². The Morgan fingerprint density at radius 2 is 2.00 bits per heavy atom. The third-order valence-electron chi connectivity index (χ3n) is 3.81. The average molecular weight is 310 g/mol. The van der Waals surface area contributed by atoms with Crippen LogP contribution in [0, 0.1) is 0 Å². The highest BCUT2D eigenvalue weighted by Gasteiger charge is 2.36. The predicted molar refractivity (Wildman–Crippen MR) is 83.1 cm³/mol. The Kier molecular flexibility index (Phi) is 4.84. The summed E-state index contributed by atoms with van der Waals surface area (Å²) in [6, 6.07) is -0.367. The van der Waals surface area contributed by atoms with Crippen molar-refractivity contribution in [1.82, 2.24) is 9.80 Å². The van der Waals surface area contributed by atoms with E-state index in [0.29, 0.717) is 6.54 Å². The molecule has 0 radical (unpaired) electrons. The van der Waals surface area contributed by atoms with E-state index in [9.17, 15) is 13.2 Å². The number of hydrogen-bond donors (Lipinski definition) is 0. The Bertz CT molecular complexity index is 551. The topological polar surface area (TPSA) is 6.48 Å². The molecule has 120 valence electrons. The minimum Gasteiger partial charge on any atom is -0.377 e. The molecular formula is C17H21F3N2. The van der Waals surface area contributed by atoms with Crippen molar-refractivity contribution in [3.05, 3.63) is 60.0 Å². The van der Waals surface area contributed by atoms with E-state index in [2.05, 4.69) is 6.58 Å². The number of nitrogens with zero attached hydrogens (tertiary/aromatic N) is 2. The highest BCUT2D eigenvalue weighted by atomic mass is 19.4. The van der Waals surface area contributed by atoms with Crippen LogP contribution in [0.3, 0.4) is 0 Å². The Morgan fingerprint density at radius 1 is 1.27 bits per heavy atom. The van der Waals surface area contributed by atoms with Gasteiger partial charge in [0.25, 0.3) is 0 Å². The molecule has 22 heavy (non-hydrogen) atoms. The third-order valence-corrected chi connectivity index (χ3v) is 3.81. The molecule has 2 rings (SSSR count). The first-order valence-corrected chi connectivity index (χ1v) is 7.28. The molecule has 1 aliphatic carbocycles. The van der Waals surface area contributed by atoms with Crippen LogP contribution in [-0.2, 0) is 0 Å². The highest BCUT2D eigenvalue weighted by Crippen LogP contribution is 2.35. The van der Waals surface area contributed by atoms with E-state index < -0.39 is 11.7 Å². The second-order valence-corrected chi connectivity index (χ2v) is 5.62.